The number of amides is 1. The summed E-state index contributed by atoms with van der Waals surface area (Å²) in [5.74, 6) is 0.0426. The van der Waals surface area contributed by atoms with Crippen LogP contribution in [0.25, 0.3) is 22.0 Å². The van der Waals surface area contributed by atoms with E-state index in [1.54, 1.807) is 0 Å². The van der Waals surface area contributed by atoms with Crippen molar-refractivity contribution in [2.45, 2.75) is 19.4 Å². The number of aromatic nitrogens is 1. The number of H-pyrrole nitrogens is 1. The van der Waals surface area contributed by atoms with Gasteiger partial charge >= 0.3 is 0 Å². The van der Waals surface area contributed by atoms with Crippen molar-refractivity contribution in [3.8, 4) is 11.1 Å². The molecule has 0 fully saturated rings. The first kappa shape index (κ1) is 17.6. The van der Waals surface area contributed by atoms with Gasteiger partial charge in [-0.3, -0.25) is 4.79 Å². The summed E-state index contributed by atoms with van der Waals surface area (Å²) in [7, 11) is 0. The zero-order valence-corrected chi connectivity index (χ0v) is 16.4. The van der Waals surface area contributed by atoms with Crippen LogP contribution in [0.1, 0.15) is 23.7 Å². The fourth-order valence-electron chi connectivity index (χ4n) is 4.02. The molecule has 0 bridgehead atoms. The number of carbonyl (C=O) groups excluding carboxylic acids is 1. The largest absolute Gasteiger partial charge is 0.381 e. The van der Waals surface area contributed by atoms with Crippen molar-refractivity contribution in [3.05, 3.63) is 84.6 Å². The molecule has 1 aromatic heterocycles. The molecule has 3 aromatic carbocycles. The fourth-order valence-corrected chi connectivity index (χ4v) is 4.02. The van der Waals surface area contributed by atoms with Crippen molar-refractivity contribution in [2.75, 3.05) is 16.8 Å². The van der Waals surface area contributed by atoms with Gasteiger partial charge in [0, 0.05) is 29.9 Å². The summed E-state index contributed by atoms with van der Waals surface area (Å²) in [6.07, 6.45) is 2.86. The third-order valence-corrected chi connectivity index (χ3v) is 5.65. The summed E-state index contributed by atoms with van der Waals surface area (Å²) in [5.41, 5.74) is 6.06. The lowest BCUT2D eigenvalue weighted by atomic mass is 10.0. The summed E-state index contributed by atoms with van der Waals surface area (Å²) in [5, 5.41) is 4.69. The number of nitrogens with zero attached hydrogens (tertiary/aromatic N) is 1. The second-order valence-corrected chi connectivity index (χ2v) is 7.67. The maximum Gasteiger partial charge on any atom is 0.258 e. The summed E-state index contributed by atoms with van der Waals surface area (Å²) in [6.45, 7) is 2.86. The highest BCUT2D eigenvalue weighted by Crippen LogP contribution is 2.31. The molecule has 0 aliphatic carbocycles. The molecule has 1 amide bonds. The number of benzene rings is 3. The minimum Gasteiger partial charge on any atom is -0.381 e. The molecule has 2 N–H and O–H groups in total. The van der Waals surface area contributed by atoms with Gasteiger partial charge in [-0.2, -0.15) is 0 Å². The molecule has 144 valence electrons. The second-order valence-electron chi connectivity index (χ2n) is 7.67. The van der Waals surface area contributed by atoms with Crippen LogP contribution in [0.3, 0.4) is 0 Å². The lowest BCUT2D eigenvalue weighted by Crippen LogP contribution is -2.32. The Morgan fingerprint density at radius 2 is 1.76 bits per heavy atom. The van der Waals surface area contributed by atoms with Gasteiger partial charge in [0.1, 0.15) is 0 Å². The molecule has 4 nitrogen and oxygen atoms in total. The number of para-hydroxylation sites is 2. The molecule has 4 heteroatoms. The van der Waals surface area contributed by atoms with Gasteiger partial charge in [0.05, 0.1) is 11.4 Å². The van der Waals surface area contributed by atoms with Crippen molar-refractivity contribution in [1.29, 1.82) is 0 Å². The number of anilines is 2. The Kier molecular flexibility index (Phi) is 4.32. The molecule has 1 aliphatic rings. The topological polar surface area (TPSA) is 48.1 Å². The molecule has 0 unspecified atom stereocenters. The van der Waals surface area contributed by atoms with Gasteiger partial charge in [-0.15, -0.1) is 0 Å². The Hall–Kier alpha value is -3.53. The van der Waals surface area contributed by atoms with Gasteiger partial charge in [0.25, 0.3) is 5.91 Å². The van der Waals surface area contributed by atoms with E-state index in [1.165, 1.54) is 5.39 Å². The quantitative estimate of drug-likeness (QED) is 0.469. The van der Waals surface area contributed by atoms with Crippen LogP contribution in [0, 0.1) is 0 Å². The van der Waals surface area contributed by atoms with E-state index in [-0.39, 0.29) is 5.91 Å². The fraction of sp³-hybridized carbons (Fsp3) is 0.160. The van der Waals surface area contributed by atoms with E-state index >= 15 is 0 Å². The number of aromatic amines is 1. The highest BCUT2D eigenvalue weighted by Gasteiger charge is 2.24. The van der Waals surface area contributed by atoms with Crippen molar-refractivity contribution < 1.29 is 4.79 Å². The molecule has 0 saturated heterocycles. The van der Waals surface area contributed by atoms with Crippen LogP contribution in [0.4, 0.5) is 11.4 Å². The molecular formula is C25H23N3O. The predicted molar refractivity (Wildman–Crippen MR) is 120 cm³/mol. The van der Waals surface area contributed by atoms with E-state index in [2.05, 4.69) is 41.5 Å². The average molecular weight is 381 g/mol. The van der Waals surface area contributed by atoms with Gasteiger partial charge in [0.2, 0.25) is 0 Å². The zero-order chi connectivity index (χ0) is 19.8. The molecule has 5 rings (SSSR count). The minimum absolute atomic E-state index is 0.0426. The standard InChI is InChI=1S/C25H23N3O/c1-17-13-15-28(24-5-3-2-4-23(24)27-17)25(29)19-8-6-18(7-9-19)20-10-11-22-21(16-20)12-14-26-22/h2-12,14,16-17,26-27H,13,15H2,1H3/t17-/m0/s1. The van der Waals surface area contributed by atoms with Crippen LogP contribution in [-0.4, -0.2) is 23.5 Å². The molecule has 0 radical (unpaired) electrons. The first-order valence-electron chi connectivity index (χ1n) is 10.0. The molecule has 4 aromatic rings. The molecule has 1 aliphatic heterocycles. The second kappa shape index (κ2) is 7.13. The van der Waals surface area contributed by atoms with E-state index in [4.69, 9.17) is 0 Å². The number of hydrogen-bond acceptors (Lipinski definition) is 2. The van der Waals surface area contributed by atoms with Crippen LogP contribution in [0.5, 0.6) is 0 Å². The smallest absolute Gasteiger partial charge is 0.258 e. The third kappa shape index (κ3) is 3.27. The van der Waals surface area contributed by atoms with Gasteiger partial charge < -0.3 is 15.2 Å². The van der Waals surface area contributed by atoms with Gasteiger partial charge in [-0.25, -0.2) is 0 Å². The Bertz CT molecular complexity index is 1180. The minimum atomic E-state index is 0.0426. The van der Waals surface area contributed by atoms with E-state index in [0.717, 1.165) is 34.4 Å². The third-order valence-electron chi connectivity index (χ3n) is 5.65. The van der Waals surface area contributed by atoms with Crippen LogP contribution in [0.15, 0.2) is 79.0 Å². The number of rotatable bonds is 2. The first-order chi connectivity index (χ1) is 14.2. The van der Waals surface area contributed by atoms with Crippen molar-refractivity contribution in [3.63, 3.8) is 0 Å². The highest BCUT2D eigenvalue weighted by molar-refractivity contribution is 6.08. The number of fused-ring (bicyclic) bond motifs is 2. The van der Waals surface area contributed by atoms with Crippen LogP contribution in [-0.2, 0) is 0 Å². The molecule has 29 heavy (non-hydrogen) atoms. The monoisotopic (exact) mass is 381 g/mol. The Morgan fingerprint density at radius 1 is 0.966 bits per heavy atom. The van der Waals surface area contributed by atoms with Crippen molar-refractivity contribution in [1.82, 2.24) is 4.98 Å². The van der Waals surface area contributed by atoms with Crippen molar-refractivity contribution >= 4 is 28.2 Å². The van der Waals surface area contributed by atoms with E-state index in [9.17, 15) is 4.79 Å². The maximum atomic E-state index is 13.3. The van der Waals surface area contributed by atoms with Gasteiger partial charge in [0.15, 0.2) is 0 Å². The molecule has 1 atom stereocenters. The summed E-state index contributed by atoms with van der Waals surface area (Å²) in [4.78, 5) is 18.4. The van der Waals surface area contributed by atoms with Crippen molar-refractivity contribution in [2.24, 2.45) is 0 Å². The molecule has 0 spiro atoms. The molecular weight excluding hydrogens is 358 g/mol. The summed E-state index contributed by atoms with van der Waals surface area (Å²) in [6, 6.07) is 24.7. The van der Waals surface area contributed by atoms with E-state index in [0.29, 0.717) is 18.2 Å². The Morgan fingerprint density at radius 3 is 2.62 bits per heavy atom. The first-order valence-corrected chi connectivity index (χ1v) is 10.0. The van der Waals surface area contributed by atoms with Crippen LogP contribution < -0.4 is 10.2 Å². The van der Waals surface area contributed by atoms with E-state index < -0.39 is 0 Å². The average Bonchev–Trinajstić information content (AvgIpc) is 3.15. The van der Waals surface area contributed by atoms with Gasteiger partial charge in [-0.1, -0.05) is 30.3 Å². The Labute approximate surface area is 170 Å². The van der Waals surface area contributed by atoms with E-state index in [1.807, 2.05) is 59.6 Å². The number of nitrogens with one attached hydrogen (secondary N) is 2. The SMILES string of the molecule is C[C@H]1CCN(C(=O)c2ccc(-c3ccc4[nH]ccc4c3)cc2)c2ccccc2N1. The lowest BCUT2D eigenvalue weighted by molar-refractivity contribution is 0.0987. The normalized spacial score (nSPS) is 16.2. The predicted octanol–water partition coefficient (Wildman–Crippen LogP) is 5.69. The molecule has 0 saturated carbocycles. The highest BCUT2D eigenvalue weighted by atomic mass is 16.2. The summed E-state index contributed by atoms with van der Waals surface area (Å²) < 4.78 is 0. The lowest BCUT2D eigenvalue weighted by Gasteiger charge is -2.22. The van der Waals surface area contributed by atoms with Crippen LogP contribution >= 0.6 is 0 Å². The summed E-state index contributed by atoms with van der Waals surface area (Å²) >= 11 is 0. The maximum absolute atomic E-state index is 13.3. The number of carbonyl (C=O) groups is 1. The zero-order valence-electron chi connectivity index (χ0n) is 16.4. The van der Waals surface area contributed by atoms with Gasteiger partial charge in [-0.05, 0) is 72.3 Å². The Balaban J connectivity index is 1.44. The van der Waals surface area contributed by atoms with Crippen LogP contribution in [0.2, 0.25) is 0 Å². The molecule has 2 heterocycles. The number of hydrogen-bond donors (Lipinski definition) is 2.